The van der Waals surface area contributed by atoms with E-state index in [1.54, 1.807) is 18.2 Å². The average molecular weight is 235 g/mol. The predicted octanol–water partition coefficient (Wildman–Crippen LogP) is 1.62. The molecule has 0 bridgehead atoms. The van der Waals surface area contributed by atoms with Crippen molar-refractivity contribution in [3.63, 3.8) is 0 Å². The molecule has 0 aliphatic heterocycles. The van der Waals surface area contributed by atoms with Gasteiger partial charge in [-0.25, -0.2) is 0 Å². The van der Waals surface area contributed by atoms with Crippen molar-refractivity contribution in [1.29, 1.82) is 0 Å². The highest BCUT2D eigenvalue weighted by molar-refractivity contribution is 5.78. The van der Waals surface area contributed by atoms with E-state index < -0.39 is 0 Å². The summed E-state index contributed by atoms with van der Waals surface area (Å²) >= 11 is 0. The van der Waals surface area contributed by atoms with Gasteiger partial charge in [-0.2, -0.15) is 4.98 Å². The molecule has 0 saturated heterocycles. The molecule has 3 N–H and O–H groups in total. The van der Waals surface area contributed by atoms with Crippen molar-refractivity contribution in [2.24, 2.45) is 0 Å². The Balaban J connectivity index is 2.40. The molecule has 1 aromatic heterocycles. The molecule has 17 heavy (non-hydrogen) atoms. The lowest BCUT2D eigenvalue weighted by Gasteiger charge is -2.23. The van der Waals surface area contributed by atoms with Crippen molar-refractivity contribution < 1.29 is 9.52 Å². The third-order valence-electron chi connectivity index (χ3n) is 2.61. The molecule has 0 unspecified atom stereocenters. The smallest absolute Gasteiger partial charge is 0.298 e. The first-order valence-corrected chi connectivity index (χ1v) is 5.65. The van der Waals surface area contributed by atoms with Crippen molar-refractivity contribution in [3.05, 3.63) is 18.2 Å². The summed E-state index contributed by atoms with van der Waals surface area (Å²) in [6.45, 7) is 4.62. The minimum Gasteiger partial charge on any atom is -0.423 e. The zero-order valence-corrected chi connectivity index (χ0v) is 10.1. The predicted molar refractivity (Wildman–Crippen MR) is 68.0 cm³/mol. The van der Waals surface area contributed by atoms with Crippen LogP contribution in [-0.4, -0.2) is 29.3 Å². The number of fused-ring (bicyclic) bond motifs is 1. The van der Waals surface area contributed by atoms with Gasteiger partial charge in [0, 0.05) is 18.3 Å². The molecule has 0 radical (unpaired) electrons. The molecule has 92 valence electrons. The normalized spacial score (nSPS) is 11.3. The third-order valence-corrected chi connectivity index (χ3v) is 2.61. The van der Waals surface area contributed by atoms with Gasteiger partial charge in [-0.1, -0.05) is 0 Å². The molecule has 2 aromatic rings. The highest BCUT2D eigenvalue weighted by Gasteiger charge is 2.16. The second-order valence-electron chi connectivity index (χ2n) is 4.23. The van der Waals surface area contributed by atoms with Gasteiger partial charge in [-0.05, 0) is 32.0 Å². The quantitative estimate of drug-likeness (QED) is 0.787. The lowest BCUT2D eigenvalue weighted by Crippen LogP contribution is -2.33. The molecule has 0 spiro atoms. The fraction of sp³-hybridized carbons (Fsp3) is 0.417. The summed E-state index contributed by atoms with van der Waals surface area (Å²) < 4.78 is 5.65. The Kier molecular flexibility index (Phi) is 3.19. The van der Waals surface area contributed by atoms with Crippen LogP contribution in [0.5, 0.6) is 0 Å². The van der Waals surface area contributed by atoms with Crippen molar-refractivity contribution in [1.82, 2.24) is 4.98 Å². The number of aliphatic hydroxyl groups excluding tert-OH is 1. The zero-order valence-electron chi connectivity index (χ0n) is 10.1. The van der Waals surface area contributed by atoms with Crippen molar-refractivity contribution >= 4 is 22.8 Å². The topological polar surface area (TPSA) is 75.5 Å². The SMILES string of the molecule is CC(C)N(CCO)c1nc2cc(N)ccc2o1. The molecule has 1 aromatic carbocycles. The van der Waals surface area contributed by atoms with Crippen LogP contribution in [0.3, 0.4) is 0 Å². The number of hydrogen-bond acceptors (Lipinski definition) is 5. The maximum atomic E-state index is 9.03. The number of aliphatic hydroxyl groups is 1. The van der Waals surface area contributed by atoms with Gasteiger partial charge in [-0.15, -0.1) is 0 Å². The zero-order chi connectivity index (χ0) is 12.4. The Morgan fingerprint density at radius 1 is 1.47 bits per heavy atom. The molecule has 1 heterocycles. The van der Waals surface area contributed by atoms with E-state index in [9.17, 15) is 0 Å². The standard InChI is InChI=1S/C12H17N3O2/c1-8(2)15(5-6-16)12-14-10-7-9(13)3-4-11(10)17-12/h3-4,7-8,16H,5-6,13H2,1-2H3. The van der Waals surface area contributed by atoms with Crippen molar-refractivity contribution in [2.45, 2.75) is 19.9 Å². The Morgan fingerprint density at radius 2 is 2.24 bits per heavy atom. The van der Waals surface area contributed by atoms with Crippen LogP contribution < -0.4 is 10.6 Å². The van der Waals surface area contributed by atoms with E-state index in [1.165, 1.54) is 0 Å². The molecular formula is C12H17N3O2. The lowest BCUT2D eigenvalue weighted by molar-refractivity contribution is 0.295. The van der Waals surface area contributed by atoms with Crippen LogP contribution in [0.1, 0.15) is 13.8 Å². The first-order valence-electron chi connectivity index (χ1n) is 5.65. The molecule has 2 rings (SSSR count). The summed E-state index contributed by atoms with van der Waals surface area (Å²) in [4.78, 5) is 6.29. The number of nitrogens with zero attached hydrogens (tertiary/aromatic N) is 2. The van der Waals surface area contributed by atoms with E-state index in [2.05, 4.69) is 4.98 Å². The molecule has 0 fully saturated rings. The third kappa shape index (κ3) is 2.34. The van der Waals surface area contributed by atoms with Crippen molar-refractivity contribution in [3.8, 4) is 0 Å². The van der Waals surface area contributed by atoms with E-state index in [-0.39, 0.29) is 12.6 Å². The number of anilines is 2. The Morgan fingerprint density at radius 3 is 2.88 bits per heavy atom. The van der Waals surface area contributed by atoms with Gasteiger partial charge in [0.05, 0.1) is 6.61 Å². The van der Waals surface area contributed by atoms with Crippen LogP contribution in [0.2, 0.25) is 0 Å². The number of benzene rings is 1. The number of aromatic nitrogens is 1. The maximum Gasteiger partial charge on any atom is 0.298 e. The first kappa shape index (κ1) is 11.7. The summed E-state index contributed by atoms with van der Waals surface area (Å²) in [5.41, 5.74) is 7.80. The van der Waals surface area contributed by atoms with E-state index in [4.69, 9.17) is 15.3 Å². The highest BCUT2D eigenvalue weighted by atomic mass is 16.4. The summed E-state index contributed by atoms with van der Waals surface area (Å²) in [5.74, 6) is 0. The highest BCUT2D eigenvalue weighted by Crippen LogP contribution is 2.24. The largest absolute Gasteiger partial charge is 0.423 e. The summed E-state index contributed by atoms with van der Waals surface area (Å²) in [5, 5.41) is 9.03. The minimum absolute atomic E-state index is 0.0685. The van der Waals surface area contributed by atoms with Crippen LogP contribution in [0.25, 0.3) is 11.1 Å². The Hall–Kier alpha value is -1.75. The van der Waals surface area contributed by atoms with Crippen LogP contribution in [0.15, 0.2) is 22.6 Å². The maximum absolute atomic E-state index is 9.03. The molecule has 5 heteroatoms. The van der Waals surface area contributed by atoms with Gasteiger partial charge < -0.3 is 20.2 Å². The van der Waals surface area contributed by atoms with Gasteiger partial charge in [0.2, 0.25) is 0 Å². The van der Waals surface area contributed by atoms with E-state index in [0.29, 0.717) is 23.8 Å². The number of rotatable bonds is 4. The van der Waals surface area contributed by atoms with Gasteiger partial charge in [0.25, 0.3) is 6.01 Å². The van der Waals surface area contributed by atoms with Gasteiger partial charge >= 0.3 is 0 Å². The van der Waals surface area contributed by atoms with Crippen LogP contribution in [-0.2, 0) is 0 Å². The second kappa shape index (κ2) is 4.63. The van der Waals surface area contributed by atoms with Crippen LogP contribution >= 0.6 is 0 Å². The number of oxazole rings is 1. The van der Waals surface area contributed by atoms with Crippen LogP contribution in [0, 0.1) is 0 Å². The minimum atomic E-state index is 0.0685. The van der Waals surface area contributed by atoms with Gasteiger partial charge in [0.15, 0.2) is 5.58 Å². The molecule has 0 saturated carbocycles. The van der Waals surface area contributed by atoms with Crippen molar-refractivity contribution in [2.75, 3.05) is 23.8 Å². The van der Waals surface area contributed by atoms with Gasteiger partial charge in [0.1, 0.15) is 5.52 Å². The van der Waals surface area contributed by atoms with E-state index in [1.807, 2.05) is 18.7 Å². The van der Waals surface area contributed by atoms with Crippen LogP contribution in [0.4, 0.5) is 11.7 Å². The Bertz CT molecular complexity index is 507. The van der Waals surface area contributed by atoms with Gasteiger partial charge in [-0.3, -0.25) is 0 Å². The number of hydrogen-bond donors (Lipinski definition) is 2. The fourth-order valence-corrected chi connectivity index (χ4v) is 1.74. The summed E-state index contributed by atoms with van der Waals surface area (Å²) in [6.07, 6.45) is 0. The fourth-order valence-electron chi connectivity index (χ4n) is 1.74. The molecule has 0 atom stereocenters. The number of nitrogens with two attached hydrogens (primary N) is 1. The molecular weight excluding hydrogens is 218 g/mol. The second-order valence-corrected chi connectivity index (χ2v) is 4.23. The molecule has 5 nitrogen and oxygen atoms in total. The Labute approximate surface area is 99.8 Å². The monoisotopic (exact) mass is 235 g/mol. The molecule has 0 amide bonds. The summed E-state index contributed by atoms with van der Waals surface area (Å²) in [7, 11) is 0. The van der Waals surface area contributed by atoms with E-state index in [0.717, 1.165) is 5.52 Å². The summed E-state index contributed by atoms with van der Waals surface area (Å²) in [6, 6.07) is 6.10. The average Bonchev–Trinajstić information content (AvgIpc) is 2.67. The molecule has 0 aliphatic carbocycles. The molecule has 0 aliphatic rings. The first-order chi connectivity index (χ1) is 8.11. The number of nitrogen functional groups attached to an aromatic ring is 1. The van der Waals surface area contributed by atoms with E-state index >= 15 is 0 Å². The lowest BCUT2D eigenvalue weighted by atomic mass is 10.3.